The number of ketones is 2. The van der Waals surface area contributed by atoms with E-state index in [0.29, 0.717) is 18.0 Å². The van der Waals surface area contributed by atoms with Gasteiger partial charge < -0.3 is 15.8 Å². The van der Waals surface area contributed by atoms with E-state index in [4.69, 9.17) is 10.5 Å². The fourth-order valence-corrected chi connectivity index (χ4v) is 4.89. The molecule has 0 bridgehead atoms. The predicted molar refractivity (Wildman–Crippen MR) is 146 cm³/mol. The fourth-order valence-electron chi connectivity index (χ4n) is 4.25. The molecule has 0 unspecified atom stereocenters. The zero-order chi connectivity index (χ0) is 26.3. The number of benzene rings is 4. The van der Waals surface area contributed by atoms with Crippen molar-refractivity contribution < 1.29 is 27.3 Å². The highest BCUT2D eigenvalue weighted by Gasteiger charge is 2.36. The summed E-state index contributed by atoms with van der Waals surface area (Å²) in [4.78, 5) is 26.0. The van der Waals surface area contributed by atoms with Crippen LogP contribution in [0, 0.1) is 6.92 Å². The van der Waals surface area contributed by atoms with Crippen molar-refractivity contribution >= 4 is 38.7 Å². The minimum atomic E-state index is -4.79. The number of hydrogen-bond donors (Lipinski definition) is 3. The Hall–Kier alpha value is -4.47. The monoisotopic (exact) mass is 530 g/mol. The van der Waals surface area contributed by atoms with Crippen molar-refractivity contribution in [2.75, 3.05) is 11.1 Å². The topological polar surface area (TPSA) is 136 Å². The van der Waals surface area contributed by atoms with Crippen molar-refractivity contribution in [2.45, 2.75) is 25.9 Å². The molecule has 0 fully saturated rings. The smallest absolute Gasteiger partial charge is 0.296 e. The van der Waals surface area contributed by atoms with Gasteiger partial charge in [-0.3, -0.25) is 14.1 Å². The molecule has 4 aromatic rings. The summed E-state index contributed by atoms with van der Waals surface area (Å²) >= 11 is 0. The molecular formula is C29H26N2O6S. The van der Waals surface area contributed by atoms with Crippen molar-refractivity contribution in [1.29, 1.82) is 0 Å². The van der Waals surface area contributed by atoms with Gasteiger partial charge in [0.2, 0.25) is 0 Å². The molecule has 0 amide bonds. The van der Waals surface area contributed by atoms with Gasteiger partial charge in [0, 0.05) is 16.8 Å². The van der Waals surface area contributed by atoms with E-state index >= 15 is 0 Å². The Morgan fingerprint density at radius 1 is 0.868 bits per heavy atom. The molecular weight excluding hydrogens is 504 g/mol. The molecule has 5 rings (SSSR count). The van der Waals surface area contributed by atoms with E-state index in [1.54, 1.807) is 36.4 Å². The van der Waals surface area contributed by atoms with Gasteiger partial charge in [-0.2, -0.15) is 8.42 Å². The van der Waals surface area contributed by atoms with E-state index in [-0.39, 0.29) is 35.4 Å². The molecule has 0 aromatic heterocycles. The van der Waals surface area contributed by atoms with Crippen LogP contribution in [-0.4, -0.2) is 24.5 Å². The molecule has 4 N–H and O–H groups in total. The quantitative estimate of drug-likeness (QED) is 0.192. The van der Waals surface area contributed by atoms with Gasteiger partial charge in [0.1, 0.15) is 17.3 Å². The number of fused-ring (bicyclic) bond motifs is 2. The number of nitrogens with two attached hydrogens (primary N) is 1. The van der Waals surface area contributed by atoms with E-state index in [0.717, 1.165) is 17.2 Å². The van der Waals surface area contributed by atoms with E-state index in [9.17, 15) is 22.6 Å². The first-order valence-electron chi connectivity index (χ1n) is 11.3. The second-order valence-corrected chi connectivity index (χ2v) is 10.1. The van der Waals surface area contributed by atoms with E-state index in [1.807, 2.05) is 31.2 Å². The van der Waals surface area contributed by atoms with Gasteiger partial charge in [0.05, 0.1) is 22.5 Å². The summed E-state index contributed by atoms with van der Waals surface area (Å²) in [5.41, 5.74) is 8.20. The molecule has 0 saturated heterocycles. The van der Waals surface area contributed by atoms with Crippen molar-refractivity contribution in [2.24, 2.45) is 0 Å². The molecule has 0 spiro atoms. The van der Waals surface area contributed by atoms with Gasteiger partial charge in [-0.05, 0) is 42.8 Å². The summed E-state index contributed by atoms with van der Waals surface area (Å²) in [5.74, 6) is -0.486. The Bertz CT molecular complexity index is 1660. The van der Waals surface area contributed by atoms with Crippen LogP contribution in [0.25, 0.3) is 0 Å². The number of aryl methyl sites for hydroxylation is 1. The number of anilines is 3. The van der Waals surface area contributed by atoms with Gasteiger partial charge in [0.15, 0.2) is 11.6 Å². The molecule has 8 nitrogen and oxygen atoms in total. The summed E-state index contributed by atoms with van der Waals surface area (Å²) < 4.78 is 39.7. The largest absolute Gasteiger partial charge is 0.489 e. The van der Waals surface area contributed by atoms with Gasteiger partial charge in [-0.25, -0.2) is 0 Å². The zero-order valence-electron chi connectivity index (χ0n) is 19.7. The molecule has 0 aliphatic heterocycles. The van der Waals surface area contributed by atoms with Crippen LogP contribution in [0.3, 0.4) is 0 Å². The summed E-state index contributed by atoms with van der Waals surface area (Å²) in [7, 11) is -4.79. The summed E-state index contributed by atoms with van der Waals surface area (Å²) in [6, 6.07) is 22.1. The highest BCUT2D eigenvalue weighted by atomic mass is 32.2. The number of nitrogens with one attached hydrogen (secondary N) is 1. The average Bonchev–Trinajstić information content (AvgIpc) is 2.88. The number of carbonyl (C=O) groups is 2. The standard InChI is InChI=1S/C28H22N2O6S.CH4/c1-16-6-8-17(9-7-16)15-36-19-12-10-18(11-13-19)30-22-14-23(37(33,34)35)26(29)25-24(22)27(31)20-4-2-3-5-21(20)28(25)32;/h2-14,30H,15,29H2,1H3,(H,33,34,35);1H4. The Morgan fingerprint density at radius 2 is 1.45 bits per heavy atom. The Labute approximate surface area is 220 Å². The molecule has 0 heterocycles. The normalized spacial score (nSPS) is 12.3. The molecule has 0 saturated carbocycles. The summed E-state index contributed by atoms with van der Waals surface area (Å²) in [5, 5.41) is 3.00. The molecule has 1 aliphatic rings. The third-order valence-corrected chi connectivity index (χ3v) is 7.03. The minimum absolute atomic E-state index is 0. The summed E-state index contributed by atoms with van der Waals surface area (Å²) in [6.07, 6.45) is 0. The second-order valence-electron chi connectivity index (χ2n) is 8.69. The fraction of sp³-hybridized carbons (Fsp3) is 0.103. The lowest BCUT2D eigenvalue weighted by Crippen LogP contribution is -2.25. The molecule has 4 aromatic carbocycles. The van der Waals surface area contributed by atoms with E-state index in [1.165, 1.54) is 12.1 Å². The number of ether oxygens (including phenoxy) is 1. The van der Waals surface area contributed by atoms with Crippen molar-refractivity contribution in [1.82, 2.24) is 0 Å². The second kappa shape index (κ2) is 10.1. The first-order chi connectivity index (χ1) is 17.6. The van der Waals surface area contributed by atoms with E-state index < -0.39 is 32.3 Å². The molecule has 9 heteroatoms. The molecule has 38 heavy (non-hydrogen) atoms. The number of carbonyl (C=O) groups excluding carboxylic acids is 2. The lowest BCUT2D eigenvalue weighted by Gasteiger charge is -2.23. The minimum Gasteiger partial charge on any atom is -0.489 e. The predicted octanol–water partition coefficient (Wildman–Crippen LogP) is 5.56. The number of rotatable bonds is 6. The molecule has 194 valence electrons. The molecule has 0 atom stereocenters. The first kappa shape index (κ1) is 26.6. The lowest BCUT2D eigenvalue weighted by atomic mass is 9.82. The van der Waals surface area contributed by atoms with E-state index in [2.05, 4.69) is 5.32 Å². The van der Waals surface area contributed by atoms with Crippen LogP contribution in [-0.2, 0) is 16.7 Å². The highest BCUT2D eigenvalue weighted by molar-refractivity contribution is 7.86. The molecule has 0 radical (unpaired) electrons. The van der Waals surface area contributed by atoms with Crippen LogP contribution < -0.4 is 15.8 Å². The Balaban J connectivity index is 0.00000336. The SMILES string of the molecule is C.Cc1ccc(COc2ccc(Nc3cc(S(=O)(=O)O)c(N)c4c3C(=O)c3ccccc3C4=O)cc2)cc1. The van der Waals surface area contributed by atoms with Crippen LogP contribution in [0.2, 0.25) is 0 Å². The first-order valence-corrected chi connectivity index (χ1v) is 12.8. The van der Waals surface area contributed by atoms with Gasteiger partial charge in [-0.1, -0.05) is 61.5 Å². The number of hydrogen-bond acceptors (Lipinski definition) is 7. The Morgan fingerprint density at radius 3 is 2.03 bits per heavy atom. The maximum Gasteiger partial charge on any atom is 0.296 e. The summed E-state index contributed by atoms with van der Waals surface area (Å²) in [6.45, 7) is 2.39. The van der Waals surface area contributed by atoms with Crippen molar-refractivity contribution in [3.05, 3.63) is 112 Å². The van der Waals surface area contributed by atoms with Gasteiger partial charge >= 0.3 is 0 Å². The maximum atomic E-state index is 13.4. The van der Waals surface area contributed by atoms with Crippen LogP contribution in [0.15, 0.2) is 83.8 Å². The van der Waals surface area contributed by atoms with Gasteiger partial charge in [0.25, 0.3) is 10.1 Å². The van der Waals surface area contributed by atoms with Crippen LogP contribution in [0.4, 0.5) is 17.1 Å². The van der Waals surface area contributed by atoms with Crippen LogP contribution >= 0.6 is 0 Å². The van der Waals surface area contributed by atoms with Crippen molar-refractivity contribution in [3.8, 4) is 5.75 Å². The van der Waals surface area contributed by atoms with Crippen molar-refractivity contribution in [3.63, 3.8) is 0 Å². The number of nitrogen functional groups attached to an aromatic ring is 1. The maximum absolute atomic E-state index is 13.4. The highest BCUT2D eigenvalue weighted by Crippen LogP contribution is 2.40. The third kappa shape index (κ3) is 4.89. The average molecular weight is 531 g/mol. The zero-order valence-corrected chi connectivity index (χ0v) is 20.5. The Kier molecular flexibility index (Phi) is 7.08. The van der Waals surface area contributed by atoms with Gasteiger partial charge in [-0.15, -0.1) is 0 Å². The lowest BCUT2D eigenvalue weighted by molar-refractivity contribution is 0.0980. The molecule has 1 aliphatic carbocycles. The third-order valence-electron chi connectivity index (χ3n) is 6.14. The van der Waals surface area contributed by atoms with Crippen LogP contribution in [0.1, 0.15) is 50.4 Å². The van der Waals surface area contributed by atoms with Crippen LogP contribution in [0.5, 0.6) is 5.75 Å².